The van der Waals surface area contributed by atoms with Crippen LogP contribution in [0.4, 0.5) is 0 Å². The van der Waals surface area contributed by atoms with Crippen LogP contribution in [0.1, 0.15) is 54.6 Å². The van der Waals surface area contributed by atoms with Crippen molar-refractivity contribution < 1.29 is 4.79 Å². The van der Waals surface area contributed by atoms with E-state index in [1.54, 1.807) is 0 Å². The lowest BCUT2D eigenvalue weighted by Gasteiger charge is -2.38. The van der Waals surface area contributed by atoms with E-state index in [9.17, 15) is 4.79 Å². The standard InChI is InChI=1S/C17H25NO/c1-12-8-9-16(10-13(12)2)17(19)11-18-14(3)6-5-7-15(18)4/h8-10,14-15H,5-7,11H2,1-4H3/t14-,15-/m1/s1. The predicted molar refractivity (Wildman–Crippen MR) is 79.7 cm³/mol. The number of carbonyl (C=O) groups excluding carboxylic acids is 1. The molecule has 0 N–H and O–H groups in total. The summed E-state index contributed by atoms with van der Waals surface area (Å²) in [5.74, 6) is 0.253. The third-order valence-electron chi connectivity index (χ3n) is 4.53. The van der Waals surface area contributed by atoms with E-state index in [1.807, 2.05) is 18.2 Å². The molecule has 1 fully saturated rings. The van der Waals surface area contributed by atoms with Crippen molar-refractivity contribution in [3.8, 4) is 0 Å². The fourth-order valence-corrected chi connectivity index (χ4v) is 2.96. The van der Waals surface area contributed by atoms with Gasteiger partial charge < -0.3 is 0 Å². The Hall–Kier alpha value is -1.15. The highest BCUT2D eigenvalue weighted by molar-refractivity contribution is 5.97. The largest absolute Gasteiger partial charge is 0.293 e. The molecule has 1 aliphatic rings. The zero-order valence-corrected chi connectivity index (χ0v) is 12.6. The highest BCUT2D eigenvalue weighted by Gasteiger charge is 2.26. The number of rotatable bonds is 3. The van der Waals surface area contributed by atoms with Crippen LogP contribution in [-0.4, -0.2) is 29.3 Å². The lowest BCUT2D eigenvalue weighted by Crippen LogP contribution is -2.46. The fraction of sp³-hybridized carbons (Fsp3) is 0.588. The number of nitrogens with zero attached hydrogens (tertiary/aromatic N) is 1. The van der Waals surface area contributed by atoms with Crippen molar-refractivity contribution in [1.82, 2.24) is 4.90 Å². The van der Waals surface area contributed by atoms with Crippen LogP contribution in [0.5, 0.6) is 0 Å². The monoisotopic (exact) mass is 259 g/mol. The Bertz CT molecular complexity index is 456. The van der Waals surface area contributed by atoms with Gasteiger partial charge >= 0.3 is 0 Å². The van der Waals surface area contributed by atoms with Crippen molar-refractivity contribution in [2.75, 3.05) is 6.54 Å². The van der Waals surface area contributed by atoms with Crippen LogP contribution in [0.15, 0.2) is 18.2 Å². The average Bonchev–Trinajstić information content (AvgIpc) is 2.37. The molecule has 0 amide bonds. The summed E-state index contributed by atoms with van der Waals surface area (Å²) < 4.78 is 0. The van der Waals surface area contributed by atoms with Crippen molar-refractivity contribution in [3.63, 3.8) is 0 Å². The van der Waals surface area contributed by atoms with Gasteiger partial charge in [0.05, 0.1) is 6.54 Å². The van der Waals surface area contributed by atoms with Gasteiger partial charge in [-0.2, -0.15) is 0 Å². The van der Waals surface area contributed by atoms with Gasteiger partial charge in [0.25, 0.3) is 0 Å². The van der Waals surface area contributed by atoms with Crippen LogP contribution in [-0.2, 0) is 0 Å². The normalized spacial score (nSPS) is 24.4. The highest BCUT2D eigenvalue weighted by Crippen LogP contribution is 2.23. The van der Waals surface area contributed by atoms with Crippen LogP contribution >= 0.6 is 0 Å². The maximum absolute atomic E-state index is 12.4. The topological polar surface area (TPSA) is 20.3 Å². The Morgan fingerprint density at radius 3 is 2.37 bits per heavy atom. The number of likely N-dealkylation sites (tertiary alicyclic amines) is 1. The first-order valence-corrected chi connectivity index (χ1v) is 7.35. The van der Waals surface area contributed by atoms with Crippen molar-refractivity contribution in [2.45, 2.75) is 59.0 Å². The Labute approximate surface area is 116 Å². The summed E-state index contributed by atoms with van der Waals surface area (Å²) >= 11 is 0. The van der Waals surface area contributed by atoms with E-state index in [2.05, 4.69) is 32.6 Å². The summed E-state index contributed by atoms with van der Waals surface area (Å²) in [6, 6.07) is 7.09. The third-order valence-corrected chi connectivity index (χ3v) is 4.53. The van der Waals surface area contributed by atoms with Gasteiger partial charge in [-0.05, 0) is 57.7 Å². The van der Waals surface area contributed by atoms with Crippen LogP contribution in [0.25, 0.3) is 0 Å². The third kappa shape index (κ3) is 3.24. The zero-order chi connectivity index (χ0) is 14.0. The van der Waals surface area contributed by atoms with Gasteiger partial charge in [0.1, 0.15) is 0 Å². The van der Waals surface area contributed by atoms with Gasteiger partial charge in [0.2, 0.25) is 0 Å². The van der Waals surface area contributed by atoms with E-state index in [4.69, 9.17) is 0 Å². The van der Waals surface area contributed by atoms with Gasteiger partial charge in [0.15, 0.2) is 5.78 Å². The number of piperidine rings is 1. The second-order valence-electron chi connectivity index (χ2n) is 6.02. The molecule has 2 nitrogen and oxygen atoms in total. The maximum Gasteiger partial charge on any atom is 0.176 e. The average molecular weight is 259 g/mol. The van der Waals surface area contributed by atoms with E-state index in [1.165, 1.54) is 30.4 Å². The van der Waals surface area contributed by atoms with Gasteiger partial charge in [-0.3, -0.25) is 9.69 Å². The first-order valence-electron chi connectivity index (χ1n) is 7.35. The van der Waals surface area contributed by atoms with E-state index >= 15 is 0 Å². The second kappa shape index (κ2) is 5.87. The van der Waals surface area contributed by atoms with Crippen LogP contribution in [0, 0.1) is 13.8 Å². The molecule has 2 atom stereocenters. The van der Waals surface area contributed by atoms with Crippen LogP contribution < -0.4 is 0 Å². The first-order chi connectivity index (χ1) is 8.99. The molecule has 0 spiro atoms. The lowest BCUT2D eigenvalue weighted by molar-refractivity contribution is 0.0734. The van der Waals surface area contributed by atoms with Crippen LogP contribution in [0.2, 0.25) is 0 Å². The number of aryl methyl sites for hydroxylation is 2. The Morgan fingerprint density at radius 2 is 1.79 bits per heavy atom. The molecule has 0 unspecified atom stereocenters. The number of Topliss-reactive ketones (excluding diaryl/α,β-unsaturated/α-hetero) is 1. The SMILES string of the molecule is Cc1ccc(C(=O)CN2[C@H](C)CCC[C@H]2C)cc1C. The van der Waals surface area contributed by atoms with E-state index in [0.717, 1.165) is 5.56 Å². The molecule has 104 valence electrons. The van der Waals surface area contributed by atoms with Crippen molar-refractivity contribution >= 4 is 5.78 Å². The molecule has 2 heteroatoms. The number of carbonyl (C=O) groups is 1. The predicted octanol–water partition coefficient (Wildman–Crippen LogP) is 3.75. The lowest BCUT2D eigenvalue weighted by atomic mass is 9.96. The van der Waals surface area contributed by atoms with Crippen molar-refractivity contribution in [1.29, 1.82) is 0 Å². The summed E-state index contributed by atoms with van der Waals surface area (Å²) in [4.78, 5) is 14.8. The summed E-state index contributed by atoms with van der Waals surface area (Å²) in [6.07, 6.45) is 3.71. The molecule has 1 aromatic rings. The Kier molecular flexibility index (Phi) is 4.41. The van der Waals surface area contributed by atoms with E-state index < -0.39 is 0 Å². The second-order valence-corrected chi connectivity index (χ2v) is 6.02. The molecule has 0 bridgehead atoms. The van der Waals surface area contributed by atoms with E-state index in [0.29, 0.717) is 18.6 Å². The Balaban J connectivity index is 2.09. The number of hydrogen-bond acceptors (Lipinski definition) is 2. The quantitative estimate of drug-likeness (QED) is 0.771. The molecule has 1 heterocycles. The van der Waals surface area contributed by atoms with Gasteiger partial charge in [-0.1, -0.05) is 18.6 Å². The zero-order valence-electron chi connectivity index (χ0n) is 12.6. The van der Waals surface area contributed by atoms with Crippen molar-refractivity contribution in [3.05, 3.63) is 34.9 Å². The summed E-state index contributed by atoms with van der Waals surface area (Å²) in [5, 5.41) is 0. The molecule has 1 aromatic carbocycles. The van der Waals surface area contributed by atoms with Gasteiger partial charge in [0, 0.05) is 17.6 Å². The minimum atomic E-state index is 0.253. The molecule has 0 aliphatic carbocycles. The molecule has 2 rings (SSSR count). The molecular formula is C17H25NO. The Morgan fingerprint density at radius 1 is 1.16 bits per heavy atom. The molecule has 0 radical (unpaired) electrons. The fourth-order valence-electron chi connectivity index (χ4n) is 2.96. The maximum atomic E-state index is 12.4. The first kappa shape index (κ1) is 14.3. The summed E-state index contributed by atoms with van der Waals surface area (Å²) in [7, 11) is 0. The molecule has 1 aliphatic heterocycles. The summed E-state index contributed by atoms with van der Waals surface area (Å²) in [6.45, 7) is 9.19. The van der Waals surface area contributed by atoms with Crippen molar-refractivity contribution in [2.24, 2.45) is 0 Å². The molecule has 1 saturated heterocycles. The highest BCUT2D eigenvalue weighted by atomic mass is 16.1. The van der Waals surface area contributed by atoms with E-state index in [-0.39, 0.29) is 5.78 Å². The minimum Gasteiger partial charge on any atom is -0.293 e. The van der Waals surface area contributed by atoms with Crippen LogP contribution in [0.3, 0.4) is 0 Å². The van der Waals surface area contributed by atoms with Gasteiger partial charge in [-0.15, -0.1) is 0 Å². The molecular weight excluding hydrogens is 234 g/mol. The summed E-state index contributed by atoms with van der Waals surface area (Å²) in [5.41, 5.74) is 3.30. The van der Waals surface area contributed by atoms with Gasteiger partial charge in [-0.25, -0.2) is 0 Å². The minimum absolute atomic E-state index is 0.253. The number of ketones is 1. The number of benzene rings is 1. The molecule has 0 aromatic heterocycles. The smallest absolute Gasteiger partial charge is 0.176 e. The molecule has 19 heavy (non-hydrogen) atoms. The molecule has 0 saturated carbocycles. The number of hydrogen-bond donors (Lipinski definition) is 0.